The summed E-state index contributed by atoms with van der Waals surface area (Å²) < 4.78 is 10.3. The number of carboxylic acids is 1. The van der Waals surface area contributed by atoms with E-state index in [4.69, 9.17) is 9.47 Å². The molecule has 1 aliphatic heterocycles. The molecule has 32 heavy (non-hydrogen) atoms. The Balaban J connectivity index is 1.92. The molecule has 2 amide bonds. The number of fused-ring (bicyclic) bond motifs is 1. The zero-order chi connectivity index (χ0) is 23.6. The van der Waals surface area contributed by atoms with Crippen molar-refractivity contribution in [1.29, 1.82) is 0 Å². The largest absolute Gasteiger partial charge is 0.478 e. The van der Waals surface area contributed by atoms with Gasteiger partial charge in [-0.25, -0.2) is 14.4 Å². The number of nitrogens with one attached hydrogen (secondary N) is 1. The molecule has 170 valence electrons. The maximum absolute atomic E-state index is 12.8. The summed E-state index contributed by atoms with van der Waals surface area (Å²) in [5, 5.41) is 12.2. The van der Waals surface area contributed by atoms with E-state index in [1.807, 2.05) is 0 Å². The highest BCUT2D eigenvalue weighted by atomic mass is 32.1. The van der Waals surface area contributed by atoms with Crippen molar-refractivity contribution in [1.82, 2.24) is 9.88 Å². The predicted molar refractivity (Wildman–Crippen MR) is 115 cm³/mol. The zero-order valence-corrected chi connectivity index (χ0v) is 18.9. The molecule has 0 aliphatic carbocycles. The fraction of sp³-hybridized carbons (Fsp3) is 0.381. The lowest BCUT2D eigenvalue weighted by atomic mass is 10.0. The maximum atomic E-state index is 12.8. The Hall–Kier alpha value is -3.47. The molecule has 0 spiro atoms. The molecule has 10 nitrogen and oxygen atoms in total. The number of methoxy groups -OCH3 is 1. The van der Waals surface area contributed by atoms with Crippen molar-refractivity contribution in [3.05, 3.63) is 45.6 Å². The molecule has 0 atom stereocenters. The Morgan fingerprint density at radius 3 is 2.56 bits per heavy atom. The van der Waals surface area contributed by atoms with Crippen LogP contribution < -0.4 is 5.32 Å². The number of aromatic nitrogens is 1. The number of ether oxygens (including phenoxy) is 2. The lowest BCUT2D eigenvalue weighted by Crippen LogP contribution is -2.39. The van der Waals surface area contributed by atoms with Crippen LogP contribution in [-0.2, 0) is 22.4 Å². The number of rotatable bonds is 4. The average molecular weight is 461 g/mol. The first-order valence-corrected chi connectivity index (χ1v) is 10.5. The highest BCUT2D eigenvalue weighted by Gasteiger charge is 2.33. The third-order valence-electron chi connectivity index (χ3n) is 4.62. The summed E-state index contributed by atoms with van der Waals surface area (Å²) in [7, 11) is 1.24. The number of hydrogen-bond donors (Lipinski definition) is 2. The predicted octanol–water partition coefficient (Wildman–Crippen LogP) is 3.17. The van der Waals surface area contributed by atoms with Gasteiger partial charge in [-0.1, -0.05) is 0 Å². The zero-order valence-electron chi connectivity index (χ0n) is 18.1. The van der Waals surface area contributed by atoms with Gasteiger partial charge in [-0.05, 0) is 38.8 Å². The lowest BCUT2D eigenvalue weighted by Gasteiger charge is -2.30. The summed E-state index contributed by atoms with van der Waals surface area (Å²) >= 11 is 1.14. The fourth-order valence-corrected chi connectivity index (χ4v) is 4.47. The highest BCUT2D eigenvalue weighted by molar-refractivity contribution is 7.17. The first-order valence-electron chi connectivity index (χ1n) is 9.71. The van der Waals surface area contributed by atoms with Gasteiger partial charge in [0.25, 0.3) is 5.91 Å². The summed E-state index contributed by atoms with van der Waals surface area (Å²) in [6.45, 7) is 5.88. The van der Waals surface area contributed by atoms with Crippen molar-refractivity contribution in [2.45, 2.75) is 39.3 Å². The standard InChI is InChI=1S/C21H23N3O7S/c1-21(2,3)31-20(29)24-8-6-12-14(10-24)32-17(15(12)19(28)30-4)23-16(25)11-5-7-22-9-13(11)18(26)27/h5,7,9H,6,8,10H2,1-4H3,(H,23,25)(H,26,27). The van der Waals surface area contributed by atoms with Crippen molar-refractivity contribution >= 4 is 40.3 Å². The minimum atomic E-state index is -1.30. The summed E-state index contributed by atoms with van der Waals surface area (Å²) in [6.07, 6.45) is 2.29. The number of carboxylic acid groups (broad SMARTS) is 1. The van der Waals surface area contributed by atoms with Gasteiger partial charge >= 0.3 is 18.0 Å². The molecule has 0 saturated carbocycles. The Labute approximate surface area is 188 Å². The van der Waals surface area contributed by atoms with Gasteiger partial charge in [0.2, 0.25) is 0 Å². The summed E-state index contributed by atoms with van der Waals surface area (Å²) in [5.74, 6) is -2.62. The summed E-state index contributed by atoms with van der Waals surface area (Å²) in [5.41, 5.74) is -0.108. The number of pyridine rings is 1. The van der Waals surface area contributed by atoms with Gasteiger partial charge in [-0.15, -0.1) is 11.3 Å². The van der Waals surface area contributed by atoms with Crippen LogP contribution in [0, 0.1) is 0 Å². The molecule has 3 rings (SSSR count). The van der Waals surface area contributed by atoms with Crippen molar-refractivity contribution in [3.8, 4) is 0 Å². The molecule has 0 aromatic carbocycles. The van der Waals surface area contributed by atoms with E-state index in [0.29, 0.717) is 23.4 Å². The van der Waals surface area contributed by atoms with E-state index in [0.717, 1.165) is 17.5 Å². The molecule has 2 aromatic rings. The number of anilines is 1. The van der Waals surface area contributed by atoms with Crippen molar-refractivity contribution < 1.29 is 33.8 Å². The Morgan fingerprint density at radius 1 is 1.22 bits per heavy atom. The van der Waals surface area contributed by atoms with Crippen molar-refractivity contribution in [2.75, 3.05) is 19.0 Å². The molecule has 11 heteroatoms. The van der Waals surface area contributed by atoms with Gasteiger partial charge in [0.1, 0.15) is 10.6 Å². The van der Waals surface area contributed by atoms with E-state index >= 15 is 0 Å². The van der Waals surface area contributed by atoms with Crippen LogP contribution in [0.2, 0.25) is 0 Å². The second kappa shape index (κ2) is 8.95. The van der Waals surface area contributed by atoms with E-state index in [2.05, 4.69) is 10.3 Å². The van der Waals surface area contributed by atoms with E-state index in [1.54, 1.807) is 20.8 Å². The second-order valence-electron chi connectivity index (χ2n) is 8.03. The van der Waals surface area contributed by atoms with Gasteiger partial charge < -0.3 is 24.8 Å². The Bertz CT molecular complexity index is 1090. The lowest BCUT2D eigenvalue weighted by molar-refractivity contribution is 0.0226. The van der Waals surface area contributed by atoms with Crippen LogP contribution in [0.4, 0.5) is 9.80 Å². The molecule has 1 aliphatic rings. The van der Waals surface area contributed by atoms with E-state index in [1.165, 1.54) is 24.3 Å². The number of nitrogens with zero attached hydrogens (tertiary/aromatic N) is 2. The number of amides is 2. The van der Waals surface area contributed by atoms with E-state index in [-0.39, 0.29) is 28.2 Å². The number of hydrogen-bond acceptors (Lipinski definition) is 8. The highest BCUT2D eigenvalue weighted by Crippen LogP contribution is 2.38. The van der Waals surface area contributed by atoms with Crippen LogP contribution in [0.5, 0.6) is 0 Å². The molecule has 0 radical (unpaired) electrons. The van der Waals surface area contributed by atoms with Crippen LogP contribution >= 0.6 is 11.3 Å². The quantitative estimate of drug-likeness (QED) is 0.663. The average Bonchev–Trinajstić information content (AvgIpc) is 3.08. The minimum Gasteiger partial charge on any atom is -0.478 e. The number of carbonyl (C=O) groups excluding carboxylic acids is 3. The third kappa shape index (κ3) is 4.88. The normalized spacial score (nSPS) is 13.2. The molecular weight excluding hydrogens is 438 g/mol. The molecule has 0 unspecified atom stereocenters. The Kier molecular flexibility index (Phi) is 6.49. The maximum Gasteiger partial charge on any atom is 0.410 e. The molecule has 2 aromatic heterocycles. The fourth-order valence-electron chi connectivity index (χ4n) is 3.23. The van der Waals surface area contributed by atoms with E-state index in [9.17, 15) is 24.3 Å². The molecular formula is C21H23N3O7S. The second-order valence-corrected chi connectivity index (χ2v) is 9.14. The van der Waals surface area contributed by atoms with Crippen LogP contribution in [-0.4, -0.2) is 58.2 Å². The number of esters is 1. The molecule has 3 heterocycles. The number of aromatic carboxylic acids is 1. The third-order valence-corrected chi connectivity index (χ3v) is 5.75. The van der Waals surface area contributed by atoms with Crippen LogP contribution in [0.25, 0.3) is 0 Å². The van der Waals surface area contributed by atoms with Gasteiger partial charge in [0.15, 0.2) is 0 Å². The topological polar surface area (TPSA) is 135 Å². The van der Waals surface area contributed by atoms with Crippen molar-refractivity contribution in [2.24, 2.45) is 0 Å². The molecule has 0 saturated heterocycles. The smallest absolute Gasteiger partial charge is 0.410 e. The van der Waals surface area contributed by atoms with Crippen molar-refractivity contribution in [3.63, 3.8) is 0 Å². The summed E-state index contributed by atoms with van der Waals surface area (Å²) in [4.78, 5) is 55.2. The van der Waals surface area contributed by atoms with Gasteiger partial charge in [0, 0.05) is 23.8 Å². The first kappa shape index (κ1) is 23.2. The van der Waals surface area contributed by atoms with Crippen LogP contribution in [0.3, 0.4) is 0 Å². The van der Waals surface area contributed by atoms with E-state index < -0.39 is 29.5 Å². The molecule has 0 fully saturated rings. The summed E-state index contributed by atoms with van der Waals surface area (Å²) in [6, 6.07) is 1.29. The minimum absolute atomic E-state index is 0.0925. The number of thiophene rings is 1. The number of carbonyl (C=O) groups is 4. The van der Waals surface area contributed by atoms with Crippen LogP contribution in [0.15, 0.2) is 18.5 Å². The molecule has 2 N–H and O–H groups in total. The van der Waals surface area contributed by atoms with Crippen LogP contribution in [0.1, 0.15) is 62.3 Å². The monoisotopic (exact) mass is 461 g/mol. The van der Waals surface area contributed by atoms with Gasteiger partial charge in [-0.2, -0.15) is 0 Å². The van der Waals surface area contributed by atoms with Gasteiger partial charge in [0.05, 0.1) is 30.3 Å². The first-order chi connectivity index (χ1) is 15.0. The SMILES string of the molecule is COC(=O)c1c(NC(=O)c2ccncc2C(=O)O)sc2c1CCN(C(=O)OC(C)(C)C)C2. The Morgan fingerprint density at radius 2 is 1.94 bits per heavy atom. The van der Waals surface area contributed by atoms with Gasteiger partial charge in [-0.3, -0.25) is 9.78 Å². The molecule has 0 bridgehead atoms.